The van der Waals surface area contributed by atoms with Crippen LogP contribution in [0.25, 0.3) is 0 Å². The number of rotatable bonds is 3. The summed E-state index contributed by atoms with van der Waals surface area (Å²) in [6.07, 6.45) is 4.60. The predicted molar refractivity (Wildman–Crippen MR) is 74.0 cm³/mol. The van der Waals surface area contributed by atoms with Crippen LogP contribution in [-0.4, -0.2) is 16.9 Å². The zero-order chi connectivity index (χ0) is 14.4. The number of hydrogen-bond acceptors (Lipinski definition) is 3. The first-order valence-electron chi connectivity index (χ1n) is 7.15. The van der Waals surface area contributed by atoms with Crippen molar-refractivity contribution in [3.8, 4) is 11.5 Å². The van der Waals surface area contributed by atoms with Gasteiger partial charge < -0.3 is 14.6 Å². The van der Waals surface area contributed by atoms with E-state index in [0.717, 1.165) is 42.7 Å². The van der Waals surface area contributed by atoms with Gasteiger partial charge in [-0.25, -0.2) is 0 Å². The van der Waals surface area contributed by atoms with Crippen LogP contribution in [0.4, 0.5) is 0 Å². The average Bonchev–Trinajstić information content (AvgIpc) is 2.95. The lowest BCUT2D eigenvalue weighted by Crippen LogP contribution is -2.34. The molecule has 1 spiro atoms. The van der Waals surface area contributed by atoms with Crippen molar-refractivity contribution < 1.29 is 19.4 Å². The van der Waals surface area contributed by atoms with Crippen molar-refractivity contribution in [3.63, 3.8) is 0 Å². The first kappa shape index (κ1) is 13.3. The number of fused-ring (bicyclic) bond motifs is 1. The fourth-order valence-electron chi connectivity index (χ4n) is 2.95. The van der Waals surface area contributed by atoms with Crippen LogP contribution < -0.4 is 9.47 Å². The maximum atomic E-state index is 11.2. The maximum Gasteiger partial charge on any atom is 0.309 e. The van der Waals surface area contributed by atoms with Crippen molar-refractivity contribution in [1.29, 1.82) is 0 Å². The second-order valence-corrected chi connectivity index (χ2v) is 6.47. The molecule has 1 N–H and O–H groups in total. The van der Waals surface area contributed by atoms with E-state index in [1.165, 1.54) is 0 Å². The Hall–Kier alpha value is -1.71. The number of aliphatic carboxylic acids is 1. The van der Waals surface area contributed by atoms with Gasteiger partial charge >= 0.3 is 5.97 Å². The van der Waals surface area contributed by atoms with Crippen molar-refractivity contribution in [3.05, 3.63) is 23.8 Å². The molecule has 1 aromatic carbocycles. The zero-order valence-corrected chi connectivity index (χ0v) is 11.9. The molecule has 108 valence electrons. The van der Waals surface area contributed by atoms with Gasteiger partial charge in [0.15, 0.2) is 11.5 Å². The van der Waals surface area contributed by atoms with Crippen LogP contribution in [0, 0.1) is 5.41 Å². The standard InChI is InChI=1S/C16H20O4/c1-15(2,14(17)18)10-11-5-6-12-13(9-11)20-16(19-12)7-3-4-8-16/h5-6,9H,3-4,7-8,10H2,1-2H3,(H,17,18). The number of benzene rings is 1. The summed E-state index contributed by atoms with van der Waals surface area (Å²) in [7, 11) is 0. The first-order valence-corrected chi connectivity index (χ1v) is 7.15. The third-order valence-corrected chi connectivity index (χ3v) is 4.19. The van der Waals surface area contributed by atoms with Gasteiger partial charge in [-0.05, 0) is 50.8 Å². The minimum atomic E-state index is -0.789. The second kappa shape index (κ2) is 4.40. The van der Waals surface area contributed by atoms with E-state index in [4.69, 9.17) is 9.47 Å². The molecule has 0 atom stereocenters. The van der Waals surface area contributed by atoms with E-state index in [2.05, 4.69) is 0 Å². The summed E-state index contributed by atoms with van der Waals surface area (Å²) in [6, 6.07) is 5.75. The Morgan fingerprint density at radius 1 is 1.25 bits per heavy atom. The normalized spacial score (nSPS) is 19.5. The Labute approximate surface area is 118 Å². The molecule has 4 nitrogen and oxygen atoms in total. The van der Waals surface area contributed by atoms with E-state index in [9.17, 15) is 9.90 Å². The molecule has 0 amide bonds. The van der Waals surface area contributed by atoms with Crippen molar-refractivity contribution in [2.24, 2.45) is 5.41 Å². The molecule has 0 saturated heterocycles. The zero-order valence-electron chi connectivity index (χ0n) is 11.9. The summed E-state index contributed by atoms with van der Waals surface area (Å²) in [5.74, 6) is 0.292. The van der Waals surface area contributed by atoms with E-state index in [1.54, 1.807) is 13.8 Å². The number of carbonyl (C=O) groups is 1. The van der Waals surface area contributed by atoms with Crippen molar-refractivity contribution in [2.75, 3.05) is 0 Å². The largest absolute Gasteiger partial charge is 0.481 e. The van der Waals surface area contributed by atoms with Gasteiger partial charge in [0.2, 0.25) is 0 Å². The van der Waals surface area contributed by atoms with Gasteiger partial charge in [0.05, 0.1) is 5.41 Å². The van der Waals surface area contributed by atoms with E-state index in [-0.39, 0.29) is 0 Å². The van der Waals surface area contributed by atoms with Crippen LogP contribution in [0.1, 0.15) is 45.1 Å². The fraction of sp³-hybridized carbons (Fsp3) is 0.562. The smallest absolute Gasteiger partial charge is 0.309 e. The van der Waals surface area contributed by atoms with Gasteiger partial charge in [-0.2, -0.15) is 0 Å². The van der Waals surface area contributed by atoms with Gasteiger partial charge in [0.25, 0.3) is 5.79 Å². The number of carboxylic acid groups (broad SMARTS) is 1. The predicted octanol–water partition coefficient (Wildman–Crippen LogP) is 3.38. The second-order valence-electron chi connectivity index (χ2n) is 6.47. The molecule has 1 fully saturated rings. The van der Waals surface area contributed by atoms with Gasteiger partial charge in [0, 0.05) is 12.8 Å². The van der Waals surface area contributed by atoms with E-state index in [0.29, 0.717) is 6.42 Å². The molecule has 2 aliphatic rings. The minimum absolute atomic E-state index is 0.455. The summed E-state index contributed by atoms with van der Waals surface area (Å²) in [5.41, 5.74) is 0.188. The molecule has 4 heteroatoms. The Kier molecular flexibility index (Phi) is 2.92. The lowest BCUT2D eigenvalue weighted by Gasteiger charge is -2.21. The molecule has 0 radical (unpaired) electrons. The highest BCUT2D eigenvalue weighted by atomic mass is 16.7. The lowest BCUT2D eigenvalue weighted by atomic mass is 9.86. The maximum absolute atomic E-state index is 11.2. The molecule has 3 rings (SSSR count). The highest BCUT2D eigenvalue weighted by Gasteiger charge is 2.44. The van der Waals surface area contributed by atoms with Crippen molar-refractivity contribution in [2.45, 2.75) is 51.7 Å². The molecule has 1 aromatic rings. The average molecular weight is 276 g/mol. The Bertz CT molecular complexity index is 541. The van der Waals surface area contributed by atoms with Crippen LogP contribution in [0.2, 0.25) is 0 Å². The molecular formula is C16H20O4. The van der Waals surface area contributed by atoms with Gasteiger partial charge in [-0.3, -0.25) is 4.79 Å². The topological polar surface area (TPSA) is 55.8 Å². The van der Waals surface area contributed by atoms with Gasteiger partial charge in [0.1, 0.15) is 0 Å². The molecule has 1 heterocycles. The van der Waals surface area contributed by atoms with Gasteiger partial charge in [-0.15, -0.1) is 0 Å². The summed E-state index contributed by atoms with van der Waals surface area (Å²) in [4.78, 5) is 11.2. The summed E-state index contributed by atoms with van der Waals surface area (Å²) < 4.78 is 12.0. The SMILES string of the molecule is CC(C)(Cc1ccc2c(c1)OC1(CCCC1)O2)C(=O)O. The van der Waals surface area contributed by atoms with Crippen LogP contribution >= 0.6 is 0 Å². The summed E-state index contributed by atoms with van der Waals surface area (Å²) >= 11 is 0. The number of ether oxygens (including phenoxy) is 2. The van der Waals surface area contributed by atoms with Crippen molar-refractivity contribution in [1.82, 2.24) is 0 Å². The molecular weight excluding hydrogens is 256 g/mol. The Morgan fingerprint density at radius 3 is 2.55 bits per heavy atom. The van der Waals surface area contributed by atoms with Crippen LogP contribution in [0.3, 0.4) is 0 Å². The van der Waals surface area contributed by atoms with Crippen LogP contribution in [0.5, 0.6) is 11.5 Å². The highest BCUT2D eigenvalue weighted by molar-refractivity contribution is 5.74. The van der Waals surface area contributed by atoms with Gasteiger partial charge in [-0.1, -0.05) is 6.07 Å². The molecule has 0 bridgehead atoms. The van der Waals surface area contributed by atoms with E-state index < -0.39 is 17.2 Å². The summed E-state index contributed by atoms with van der Waals surface area (Å²) in [6.45, 7) is 3.47. The molecule has 1 aliphatic heterocycles. The lowest BCUT2D eigenvalue weighted by molar-refractivity contribution is -0.146. The number of carboxylic acids is 1. The third kappa shape index (κ3) is 2.23. The fourth-order valence-corrected chi connectivity index (χ4v) is 2.95. The van der Waals surface area contributed by atoms with E-state index in [1.807, 2.05) is 18.2 Å². The van der Waals surface area contributed by atoms with Crippen molar-refractivity contribution >= 4 is 5.97 Å². The number of hydrogen-bond donors (Lipinski definition) is 1. The first-order chi connectivity index (χ1) is 9.40. The Morgan fingerprint density at radius 2 is 1.90 bits per heavy atom. The third-order valence-electron chi connectivity index (χ3n) is 4.19. The molecule has 20 heavy (non-hydrogen) atoms. The highest BCUT2D eigenvalue weighted by Crippen LogP contribution is 2.47. The van der Waals surface area contributed by atoms with Crippen LogP contribution in [0.15, 0.2) is 18.2 Å². The molecule has 0 unspecified atom stereocenters. The van der Waals surface area contributed by atoms with E-state index >= 15 is 0 Å². The van der Waals surface area contributed by atoms with Crippen LogP contribution in [-0.2, 0) is 11.2 Å². The minimum Gasteiger partial charge on any atom is -0.481 e. The monoisotopic (exact) mass is 276 g/mol. The molecule has 1 saturated carbocycles. The summed E-state index contributed by atoms with van der Waals surface area (Å²) in [5, 5.41) is 9.21. The molecule has 0 aromatic heterocycles. The Balaban J connectivity index is 1.80. The quantitative estimate of drug-likeness (QED) is 0.919. The molecule has 1 aliphatic carbocycles.